The van der Waals surface area contributed by atoms with E-state index in [0.29, 0.717) is 5.69 Å². The lowest BCUT2D eigenvalue weighted by Gasteiger charge is -2.13. The fourth-order valence-electron chi connectivity index (χ4n) is 1.16. The van der Waals surface area contributed by atoms with Crippen LogP contribution in [0, 0.1) is 0 Å². The molecule has 0 aliphatic heterocycles. The molecule has 3 nitrogen and oxygen atoms in total. The minimum absolute atomic E-state index is 0.253. The summed E-state index contributed by atoms with van der Waals surface area (Å²) in [5.41, 5.74) is 0.572. The Labute approximate surface area is 108 Å². The molecule has 0 N–H and O–H groups in total. The zero-order chi connectivity index (χ0) is 13.8. The van der Waals surface area contributed by atoms with E-state index in [0.717, 1.165) is 5.17 Å². The van der Waals surface area contributed by atoms with Gasteiger partial charge in [0, 0.05) is 14.1 Å². The average molecular weight is 278 g/mol. The van der Waals surface area contributed by atoms with Crippen LogP contribution in [0.15, 0.2) is 29.3 Å². The molecule has 0 aliphatic rings. The number of benzene rings is 1. The predicted molar refractivity (Wildman–Crippen MR) is 67.4 cm³/mol. The topological polar surface area (TPSA) is 24.8 Å². The second-order valence-electron chi connectivity index (χ2n) is 3.53. The minimum Gasteiger partial charge on any atom is -0.406 e. The molecule has 0 saturated carbocycles. The molecule has 0 aromatic heterocycles. The van der Waals surface area contributed by atoms with Gasteiger partial charge in [-0.25, -0.2) is 4.99 Å². The van der Waals surface area contributed by atoms with Gasteiger partial charge in [0.15, 0.2) is 5.17 Å². The molecule has 0 fully saturated rings. The maximum Gasteiger partial charge on any atom is 0.573 e. The van der Waals surface area contributed by atoms with E-state index in [-0.39, 0.29) is 5.75 Å². The molecule has 100 valence electrons. The van der Waals surface area contributed by atoms with Crippen molar-refractivity contribution in [2.45, 2.75) is 6.36 Å². The summed E-state index contributed by atoms with van der Waals surface area (Å²) in [6, 6.07) is 5.42. The second-order valence-corrected chi connectivity index (χ2v) is 4.31. The third-order valence-corrected chi connectivity index (χ3v) is 2.68. The zero-order valence-corrected chi connectivity index (χ0v) is 11.0. The lowest BCUT2D eigenvalue weighted by molar-refractivity contribution is -0.274. The summed E-state index contributed by atoms with van der Waals surface area (Å²) in [6.45, 7) is 0. The smallest absolute Gasteiger partial charge is 0.406 e. The Morgan fingerprint density at radius 1 is 1.22 bits per heavy atom. The SMILES string of the molecule is CSC(=Nc1ccc(OC(F)(F)F)cc1)N(C)C. The molecule has 0 bridgehead atoms. The summed E-state index contributed by atoms with van der Waals surface area (Å²) in [5.74, 6) is -0.253. The third kappa shape index (κ3) is 4.87. The molecule has 0 saturated heterocycles. The van der Waals surface area contributed by atoms with Gasteiger partial charge in [0.2, 0.25) is 0 Å². The standard InChI is InChI=1S/C11H13F3N2OS/c1-16(2)10(18-3)15-8-4-6-9(7-5-8)17-11(12,13)14/h4-7H,1-3H3. The van der Waals surface area contributed by atoms with Crippen LogP contribution in [0.4, 0.5) is 18.9 Å². The maximum absolute atomic E-state index is 12.0. The number of alkyl halides is 3. The van der Waals surface area contributed by atoms with E-state index in [1.54, 1.807) is 0 Å². The molecule has 0 radical (unpaired) electrons. The quantitative estimate of drug-likeness (QED) is 0.611. The fourth-order valence-corrected chi connectivity index (χ4v) is 1.72. The van der Waals surface area contributed by atoms with Crippen LogP contribution < -0.4 is 4.74 Å². The summed E-state index contributed by atoms with van der Waals surface area (Å²) in [4.78, 5) is 6.11. The van der Waals surface area contributed by atoms with Crippen molar-refractivity contribution >= 4 is 22.6 Å². The Bertz CT molecular complexity index is 415. The van der Waals surface area contributed by atoms with Crippen LogP contribution in [0.5, 0.6) is 5.75 Å². The van der Waals surface area contributed by atoms with E-state index in [1.807, 2.05) is 25.3 Å². The molecule has 1 rings (SSSR count). The molecule has 0 spiro atoms. The number of nitrogens with zero attached hydrogens (tertiary/aromatic N) is 2. The maximum atomic E-state index is 12.0. The highest BCUT2D eigenvalue weighted by atomic mass is 32.2. The van der Waals surface area contributed by atoms with Gasteiger partial charge in [-0.05, 0) is 30.5 Å². The van der Waals surface area contributed by atoms with Crippen LogP contribution in [0.1, 0.15) is 0 Å². The van der Waals surface area contributed by atoms with Crippen molar-refractivity contribution in [2.75, 3.05) is 20.4 Å². The van der Waals surface area contributed by atoms with Crippen molar-refractivity contribution in [3.05, 3.63) is 24.3 Å². The summed E-state index contributed by atoms with van der Waals surface area (Å²) >= 11 is 1.45. The molecule has 0 unspecified atom stereocenters. The van der Waals surface area contributed by atoms with Gasteiger partial charge in [-0.2, -0.15) is 0 Å². The number of rotatable bonds is 2. The molecular weight excluding hydrogens is 265 g/mol. The molecule has 0 atom stereocenters. The van der Waals surface area contributed by atoms with E-state index in [9.17, 15) is 13.2 Å². The Kier molecular flexibility index (Phi) is 4.89. The number of amidine groups is 1. The van der Waals surface area contributed by atoms with Crippen LogP contribution in [-0.2, 0) is 0 Å². The molecule has 1 aromatic rings. The van der Waals surface area contributed by atoms with Crippen LogP contribution in [-0.4, -0.2) is 36.8 Å². The second kappa shape index (κ2) is 5.99. The summed E-state index contributed by atoms with van der Waals surface area (Å²) in [6.07, 6.45) is -2.79. The van der Waals surface area contributed by atoms with E-state index >= 15 is 0 Å². The molecule has 0 aliphatic carbocycles. The van der Waals surface area contributed by atoms with Gasteiger partial charge in [-0.15, -0.1) is 13.2 Å². The van der Waals surface area contributed by atoms with Gasteiger partial charge in [0.25, 0.3) is 0 Å². The first-order chi connectivity index (χ1) is 8.31. The zero-order valence-electron chi connectivity index (χ0n) is 10.2. The first-order valence-corrected chi connectivity index (χ1v) is 6.20. The van der Waals surface area contributed by atoms with Crippen molar-refractivity contribution in [3.8, 4) is 5.75 Å². The first-order valence-electron chi connectivity index (χ1n) is 4.97. The summed E-state index contributed by atoms with van der Waals surface area (Å²) < 4.78 is 39.6. The molecule has 0 heterocycles. The number of aliphatic imine (C=N–C) groups is 1. The van der Waals surface area contributed by atoms with Crippen molar-refractivity contribution < 1.29 is 17.9 Å². The number of thioether (sulfide) groups is 1. The van der Waals surface area contributed by atoms with Gasteiger partial charge in [-0.3, -0.25) is 0 Å². The Morgan fingerprint density at radius 2 is 1.78 bits per heavy atom. The number of hydrogen-bond donors (Lipinski definition) is 0. The van der Waals surface area contributed by atoms with Crippen LogP contribution >= 0.6 is 11.8 Å². The molecule has 1 aromatic carbocycles. The lowest BCUT2D eigenvalue weighted by atomic mass is 10.3. The van der Waals surface area contributed by atoms with E-state index in [1.165, 1.54) is 36.0 Å². The minimum atomic E-state index is -4.67. The highest BCUT2D eigenvalue weighted by Crippen LogP contribution is 2.25. The Balaban J connectivity index is 2.83. The summed E-state index contributed by atoms with van der Waals surface area (Å²) in [5, 5.41) is 0.763. The van der Waals surface area contributed by atoms with Gasteiger partial charge >= 0.3 is 6.36 Å². The molecule has 0 amide bonds. The largest absolute Gasteiger partial charge is 0.573 e. The van der Waals surface area contributed by atoms with Gasteiger partial charge in [0.1, 0.15) is 5.75 Å². The predicted octanol–water partition coefficient (Wildman–Crippen LogP) is 3.50. The van der Waals surface area contributed by atoms with Gasteiger partial charge in [0.05, 0.1) is 5.69 Å². The van der Waals surface area contributed by atoms with Gasteiger partial charge < -0.3 is 9.64 Å². The van der Waals surface area contributed by atoms with Crippen LogP contribution in [0.25, 0.3) is 0 Å². The highest BCUT2D eigenvalue weighted by molar-refractivity contribution is 8.13. The monoisotopic (exact) mass is 278 g/mol. The lowest BCUT2D eigenvalue weighted by Crippen LogP contribution is -2.18. The number of ether oxygens (including phenoxy) is 1. The van der Waals surface area contributed by atoms with E-state index < -0.39 is 6.36 Å². The van der Waals surface area contributed by atoms with Crippen molar-refractivity contribution in [1.29, 1.82) is 0 Å². The molecule has 18 heavy (non-hydrogen) atoms. The number of halogens is 3. The molecule has 7 heteroatoms. The van der Waals surface area contributed by atoms with E-state index in [4.69, 9.17) is 0 Å². The fraction of sp³-hybridized carbons (Fsp3) is 0.364. The first kappa shape index (κ1) is 14.7. The highest BCUT2D eigenvalue weighted by Gasteiger charge is 2.30. The Hall–Kier alpha value is -1.37. The summed E-state index contributed by atoms with van der Waals surface area (Å²) in [7, 11) is 3.69. The van der Waals surface area contributed by atoms with Crippen molar-refractivity contribution in [2.24, 2.45) is 4.99 Å². The normalized spacial score (nSPS) is 12.4. The number of hydrogen-bond acceptors (Lipinski definition) is 3. The van der Waals surface area contributed by atoms with E-state index in [2.05, 4.69) is 9.73 Å². The van der Waals surface area contributed by atoms with Crippen LogP contribution in [0.2, 0.25) is 0 Å². The van der Waals surface area contributed by atoms with Crippen molar-refractivity contribution in [3.63, 3.8) is 0 Å². The van der Waals surface area contributed by atoms with Gasteiger partial charge in [-0.1, -0.05) is 11.8 Å². The van der Waals surface area contributed by atoms with Crippen molar-refractivity contribution in [1.82, 2.24) is 4.90 Å². The average Bonchev–Trinajstić information content (AvgIpc) is 2.25. The molecular formula is C11H13F3N2OS. The Morgan fingerprint density at radius 3 is 2.17 bits per heavy atom. The third-order valence-electron chi connectivity index (χ3n) is 1.86. The van der Waals surface area contributed by atoms with Crippen LogP contribution in [0.3, 0.4) is 0 Å².